The lowest BCUT2D eigenvalue weighted by molar-refractivity contribution is -0.132. The smallest absolute Gasteiger partial charge is 0.230 e. The molecule has 2 atom stereocenters. The molecule has 1 aliphatic rings. The lowest BCUT2D eigenvalue weighted by Gasteiger charge is -2.39. The van der Waals surface area contributed by atoms with Crippen LogP contribution >= 0.6 is 23.2 Å². The van der Waals surface area contributed by atoms with Crippen molar-refractivity contribution in [2.75, 3.05) is 32.8 Å². The largest absolute Gasteiger partial charge is 0.394 e. The average Bonchev–Trinajstić information content (AvgIpc) is 2.88. The van der Waals surface area contributed by atoms with Gasteiger partial charge in [0, 0.05) is 32.6 Å². The predicted molar refractivity (Wildman–Crippen MR) is 145 cm³/mol. The van der Waals surface area contributed by atoms with Crippen LogP contribution in [0.2, 0.25) is 10.0 Å². The molecule has 2 aromatic carbocycles. The Bertz CT molecular complexity index is 1080. The van der Waals surface area contributed by atoms with Gasteiger partial charge in [-0.25, -0.2) is 4.39 Å². The first-order valence-electron chi connectivity index (χ1n) is 12.7. The fourth-order valence-electron chi connectivity index (χ4n) is 5.05. The lowest BCUT2D eigenvalue weighted by Crippen LogP contribution is -2.49. The highest BCUT2D eigenvalue weighted by Crippen LogP contribution is 2.34. The van der Waals surface area contributed by atoms with E-state index in [1.54, 1.807) is 37.3 Å². The van der Waals surface area contributed by atoms with Crippen molar-refractivity contribution in [1.82, 2.24) is 15.1 Å². The number of carbonyl (C=O) groups excluding carboxylic acids is 2. The number of carbonyl (C=O) groups is 2. The highest BCUT2D eigenvalue weighted by molar-refractivity contribution is 6.42. The summed E-state index contributed by atoms with van der Waals surface area (Å²) >= 11 is 12.5. The van der Waals surface area contributed by atoms with E-state index in [4.69, 9.17) is 23.2 Å². The molecule has 0 spiro atoms. The van der Waals surface area contributed by atoms with Crippen molar-refractivity contribution in [3.05, 3.63) is 69.5 Å². The van der Waals surface area contributed by atoms with Gasteiger partial charge in [0.25, 0.3) is 0 Å². The SMILES string of the molecule is CCN(C(C)=O)C1CCN(CCC(C)(C(=O)N[C@@H](CO)c2ccc(F)cc2)c2ccc(Cl)c(Cl)c2)CC1. The average molecular weight is 553 g/mol. The molecule has 37 heavy (non-hydrogen) atoms. The van der Waals surface area contributed by atoms with Gasteiger partial charge in [0.15, 0.2) is 0 Å². The third-order valence-corrected chi connectivity index (χ3v) is 8.23. The molecule has 0 aromatic heterocycles. The minimum Gasteiger partial charge on any atom is -0.394 e. The topological polar surface area (TPSA) is 72.9 Å². The molecule has 1 fully saturated rings. The summed E-state index contributed by atoms with van der Waals surface area (Å²) < 4.78 is 13.4. The Kier molecular flexibility index (Phi) is 10.4. The minimum atomic E-state index is -0.965. The van der Waals surface area contributed by atoms with Crippen LogP contribution in [0, 0.1) is 5.82 Å². The summed E-state index contributed by atoms with van der Waals surface area (Å²) in [5.41, 5.74) is 0.369. The van der Waals surface area contributed by atoms with Crippen molar-refractivity contribution in [2.45, 2.75) is 57.5 Å². The van der Waals surface area contributed by atoms with Crippen molar-refractivity contribution in [1.29, 1.82) is 0 Å². The second kappa shape index (κ2) is 13.1. The number of halogens is 3. The first-order chi connectivity index (χ1) is 17.6. The number of aliphatic hydroxyl groups excluding tert-OH is 1. The quantitative estimate of drug-likeness (QED) is 0.437. The number of rotatable bonds is 10. The summed E-state index contributed by atoms with van der Waals surface area (Å²) in [5, 5.41) is 13.7. The molecule has 6 nitrogen and oxygen atoms in total. The summed E-state index contributed by atoms with van der Waals surface area (Å²) in [6.07, 6.45) is 2.29. The van der Waals surface area contributed by atoms with Crippen molar-refractivity contribution in [3.63, 3.8) is 0 Å². The maximum Gasteiger partial charge on any atom is 0.230 e. The maximum absolute atomic E-state index is 13.8. The van der Waals surface area contributed by atoms with Gasteiger partial charge >= 0.3 is 0 Å². The standard InChI is InChI=1S/C28H36Cl2FN3O3/c1-4-34(19(2)36)23-11-14-33(15-12-23)16-13-28(3,21-7-10-24(29)25(30)17-21)27(37)32-26(18-35)20-5-8-22(31)9-6-20/h5-10,17,23,26,35H,4,11-16,18H2,1-3H3,(H,32,37)/t26-,28?/m0/s1. The van der Waals surface area contributed by atoms with Gasteiger partial charge in [-0.15, -0.1) is 0 Å². The van der Waals surface area contributed by atoms with Crippen LogP contribution in [0.1, 0.15) is 57.2 Å². The molecular weight excluding hydrogens is 516 g/mol. The summed E-state index contributed by atoms with van der Waals surface area (Å²) in [7, 11) is 0. The molecule has 1 aliphatic heterocycles. The van der Waals surface area contributed by atoms with Crippen LogP contribution in [-0.4, -0.2) is 65.5 Å². The number of amides is 2. The van der Waals surface area contributed by atoms with E-state index < -0.39 is 11.5 Å². The fraction of sp³-hybridized carbons (Fsp3) is 0.500. The molecule has 0 radical (unpaired) electrons. The molecule has 0 saturated carbocycles. The molecule has 9 heteroatoms. The number of hydrogen-bond donors (Lipinski definition) is 2. The number of benzene rings is 2. The summed E-state index contributed by atoms with van der Waals surface area (Å²) in [4.78, 5) is 29.9. The second-order valence-electron chi connectivity index (χ2n) is 9.85. The van der Waals surface area contributed by atoms with E-state index in [0.717, 1.165) is 31.5 Å². The summed E-state index contributed by atoms with van der Waals surface area (Å²) in [6.45, 7) is 8.20. The van der Waals surface area contributed by atoms with Crippen LogP contribution < -0.4 is 5.32 Å². The predicted octanol–water partition coefficient (Wildman–Crippen LogP) is 4.96. The lowest BCUT2D eigenvalue weighted by atomic mass is 9.78. The van der Waals surface area contributed by atoms with Crippen LogP contribution in [0.5, 0.6) is 0 Å². The van der Waals surface area contributed by atoms with Crippen LogP contribution in [0.25, 0.3) is 0 Å². The zero-order chi connectivity index (χ0) is 27.2. The second-order valence-corrected chi connectivity index (χ2v) is 10.7. The monoisotopic (exact) mass is 551 g/mol. The van der Waals surface area contributed by atoms with Crippen LogP contribution in [0.4, 0.5) is 4.39 Å². The number of aliphatic hydroxyl groups is 1. The van der Waals surface area contributed by atoms with E-state index in [1.165, 1.54) is 12.1 Å². The highest BCUT2D eigenvalue weighted by Gasteiger charge is 2.37. The molecule has 2 aromatic rings. The van der Waals surface area contributed by atoms with E-state index in [1.807, 2.05) is 18.7 Å². The zero-order valence-electron chi connectivity index (χ0n) is 21.6. The molecule has 0 aliphatic carbocycles. The maximum atomic E-state index is 13.8. The van der Waals surface area contributed by atoms with Crippen LogP contribution in [0.3, 0.4) is 0 Å². The van der Waals surface area contributed by atoms with E-state index in [-0.39, 0.29) is 30.3 Å². The molecule has 2 N–H and O–H groups in total. The zero-order valence-corrected chi connectivity index (χ0v) is 23.2. The van der Waals surface area contributed by atoms with Gasteiger partial charge < -0.3 is 20.2 Å². The van der Waals surface area contributed by atoms with E-state index in [9.17, 15) is 19.1 Å². The molecule has 202 valence electrons. The van der Waals surface area contributed by atoms with Gasteiger partial charge in [-0.2, -0.15) is 0 Å². The fourth-order valence-corrected chi connectivity index (χ4v) is 5.35. The van der Waals surface area contributed by atoms with Crippen LogP contribution in [-0.2, 0) is 15.0 Å². The Labute approximate surface area is 228 Å². The highest BCUT2D eigenvalue weighted by atomic mass is 35.5. The number of hydrogen-bond acceptors (Lipinski definition) is 4. The summed E-state index contributed by atoms with van der Waals surface area (Å²) in [6, 6.07) is 10.5. The van der Waals surface area contributed by atoms with Gasteiger partial charge in [0.2, 0.25) is 11.8 Å². The van der Waals surface area contributed by atoms with Crippen molar-refractivity contribution >= 4 is 35.0 Å². The van der Waals surface area contributed by atoms with Crippen molar-refractivity contribution in [3.8, 4) is 0 Å². The normalized spacial score (nSPS) is 17.2. The number of nitrogens with one attached hydrogen (secondary N) is 1. The molecular formula is C28H36Cl2FN3O3. The van der Waals surface area contributed by atoms with Gasteiger partial charge in [0.05, 0.1) is 28.1 Å². The van der Waals surface area contributed by atoms with Gasteiger partial charge in [-0.05, 0) is 75.0 Å². The molecule has 1 unspecified atom stereocenters. The Morgan fingerprint density at radius 3 is 2.35 bits per heavy atom. The Morgan fingerprint density at radius 2 is 1.81 bits per heavy atom. The summed E-state index contributed by atoms with van der Waals surface area (Å²) in [5.74, 6) is -0.552. The Hall–Kier alpha value is -2.19. The molecule has 3 rings (SSSR count). The minimum absolute atomic E-state index is 0.101. The molecule has 1 heterocycles. The van der Waals surface area contributed by atoms with Crippen molar-refractivity contribution in [2.24, 2.45) is 0 Å². The first kappa shape index (κ1) is 29.4. The van der Waals surface area contributed by atoms with Crippen LogP contribution in [0.15, 0.2) is 42.5 Å². The van der Waals surface area contributed by atoms with E-state index in [2.05, 4.69) is 10.2 Å². The third kappa shape index (κ3) is 7.23. The number of piperidine rings is 1. The molecule has 0 bridgehead atoms. The third-order valence-electron chi connectivity index (χ3n) is 7.49. The number of likely N-dealkylation sites (tertiary alicyclic amines) is 1. The first-order valence-corrected chi connectivity index (χ1v) is 13.5. The molecule has 1 saturated heterocycles. The molecule has 2 amide bonds. The Morgan fingerprint density at radius 1 is 1.16 bits per heavy atom. The number of nitrogens with zero attached hydrogens (tertiary/aromatic N) is 2. The van der Waals surface area contributed by atoms with E-state index >= 15 is 0 Å². The van der Waals surface area contributed by atoms with E-state index in [0.29, 0.717) is 35.1 Å². The van der Waals surface area contributed by atoms with Crippen molar-refractivity contribution < 1.29 is 19.1 Å². The van der Waals surface area contributed by atoms with Gasteiger partial charge in [0.1, 0.15) is 5.82 Å². The van der Waals surface area contributed by atoms with Gasteiger partial charge in [-0.3, -0.25) is 9.59 Å². The van der Waals surface area contributed by atoms with Gasteiger partial charge in [-0.1, -0.05) is 41.4 Å². The Balaban J connectivity index is 1.77.